The first-order valence-electron chi connectivity index (χ1n) is 6.40. The van der Waals surface area contributed by atoms with Gasteiger partial charge in [0.1, 0.15) is 12.4 Å². The molecular weight excluding hydrogens is 230 g/mol. The molecule has 1 heterocycles. The first-order chi connectivity index (χ1) is 8.71. The van der Waals surface area contributed by atoms with Crippen molar-refractivity contribution in [1.29, 1.82) is 0 Å². The van der Waals surface area contributed by atoms with Gasteiger partial charge in [0.05, 0.1) is 6.61 Å². The molecule has 1 rings (SSSR count). The van der Waals surface area contributed by atoms with E-state index in [4.69, 9.17) is 9.84 Å². The maximum Gasteiger partial charge on any atom is 0.156 e. The highest BCUT2D eigenvalue weighted by molar-refractivity contribution is 5.39. The van der Waals surface area contributed by atoms with E-state index in [0.717, 1.165) is 30.9 Å². The van der Waals surface area contributed by atoms with Gasteiger partial charge >= 0.3 is 0 Å². The molecule has 102 valence electrons. The molecule has 0 aromatic carbocycles. The summed E-state index contributed by atoms with van der Waals surface area (Å²) in [5.74, 6) is 1.56. The number of rotatable bonds is 8. The molecule has 1 aromatic rings. The molecule has 0 aliphatic heterocycles. The van der Waals surface area contributed by atoms with Gasteiger partial charge in [-0.15, -0.1) is 0 Å². The van der Waals surface area contributed by atoms with Crippen molar-refractivity contribution in [2.24, 2.45) is 0 Å². The maximum atomic E-state index is 9.13. The zero-order chi connectivity index (χ0) is 13.4. The Morgan fingerprint density at radius 2 is 2.11 bits per heavy atom. The average molecular weight is 253 g/mol. The largest absolute Gasteiger partial charge is 0.395 e. The molecule has 1 aromatic heterocycles. The van der Waals surface area contributed by atoms with E-state index < -0.39 is 0 Å². The molecule has 18 heavy (non-hydrogen) atoms. The summed E-state index contributed by atoms with van der Waals surface area (Å²) >= 11 is 0. The van der Waals surface area contributed by atoms with E-state index in [1.807, 2.05) is 13.0 Å². The molecule has 0 fully saturated rings. The fraction of sp³-hybridized carbons (Fsp3) is 0.692. The van der Waals surface area contributed by atoms with Crippen LogP contribution in [0.3, 0.4) is 0 Å². The van der Waals surface area contributed by atoms with Crippen molar-refractivity contribution in [1.82, 2.24) is 9.97 Å². The number of anilines is 1. The van der Waals surface area contributed by atoms with Gasteiger partial charge in [-0.2, -0.15) is 0 Å². The van der Waals surface area contributed by atoms with Gasteiger partial charge in [-0.1, -0.05) is 13.3 Å². The minimum atomic E-state index is 0.131. The first-order valence-corrected chi connectivity index (χ1v) is 6.40. The lowest BCUT2D eigenvalue weighted by atomic mass is 10.3. The van der Waals surface area contributed by atoms with Crippen LogP contribution in [0.5, 0.6) is 0 Å². The molecular formula is C13H23N3O2. The Balaban J connectivity index is 2.87. The van der Waals surface area contributed by atoms with Crippen LogP contribution in [-0.4, -0.2) is 41.9 Å². The number of hydrogen-bond acceptors (Lipinski definition) is 5. The van der Waals surface area contributed by atoms with E-state index in [1.54, 1.807) is 7.11 Å². The van der Waals surface area contributed by atoms with Crippen LogP contribution in [-0.2, 0) is 11.3 Å². The van der Waals surface area contributed by atoms with Crippen molar-refractivity contribution >= 4 is 5.82 Å². The lowest BCUT2D eigenvalue weighted by molar-refractivity contribution is 0.177. The highest BCUT2D eigenvalue weighted by Crippen LogP contribution is 2.13. The monoisotopic (exact) mass is 253 g/mol. The smallest absolute Gasteiger partial charge is 0.156 e. The van der Waals surface area contributed by atoms with Crippen LogP contribution in [0.2, 0.25) is 0 Å². The number of unbranched alkanes of at least 4 members (excludes halogenated alkanes) is 1. The molecule has 5 heteroatoms. The molecule has 0 aliphatic carbocycles. The van der Waals surface area contributed by atoms with E-state index in [2.05, 4.69) is 21.8 Å². The standard InChI is InChI=1S/C13H23N3O2/c1-4-5-6-16(7-8-17)13-9-11(2)14-12(15-13)10-18-3/h9,17H,4-8,10H2,1-3H3. The Morgan fingerprint density at radius 3 is 2.72 bits per heavy atom. The van der Waals surface area contributed by atoms with E-state index in [1.165, 1.54) is 0 Å². The van der Waals surface area contributed by atoms with Gasteiger partial charge in [0.15, 0.2) is 5.82 Å². The van der Waals surface area contributed by atoms with Crippen LogP contribution in [0, 0.1) is 6.92 Å². The molecule has 0 radical (unpaired) electrons. The van der Waals surface area contributed by atoms with Crippen LogP contribution in [0.1, 0.15) is 31.3 Å². The maximum absolute atomic E-state index is 9.13. The van der Waals surface area contributed by atoms with Gasteiger partial charge in [-0.05, 0) is 13.3 Å². The third-order valence-corrected chi connectivity index (χ3v) is 2.64. The van der Waals surface area contributed by atoms with Crippen LogP contribution in [0.25, 0.3) is 0 Å². The molecule has 0 amide bonds. The summed E-state index contributed by atoms with van der Waals surface area (Å²) < 4.78 is 5.07. The Hall–Kier alpha value is -1.20. The third kappa shape index (κ3) is 4.58. The fourth-order valence-corrected chi connectivity index (χ4v) is 1.78. The Kier molecular flexibility index (Phi) is 6.60. The van der Waals surface area contributed by atoms with Crippen LogP contribution in [0.15, 0.2) is 6.07 Å². The van der Waals surface area contributed by atoms with Crippen molar-refractivity contribution in [3.05, 3.63) is 17.6 Å². The molecule has 1 N–H and O–H groups in total. The lowest BCUT2D eigenvalue weighted by Crippen LogP contribution is -2.29. The normalized spacial score (nSPS) is 10.7. The van der Waals surface area contributed by atoms with Gasteiger partial charge in [-0.3, -0.25) is 0 Å². The predicted molar refractivity (Wildman–Crippen MR) is 71.7 cm³/mol. The summed E-state index contributed by atoms with van der Waals surface area (Å²) in [5, 5.41) is 9.13. The number of ether oxygens (including phenoxy) is 1. The third-order valence-electron chi connectivity index (χ3n) is 2.64. The predicted octanol–water partition coefficient (Wildman–Crippen LogP) is 1.53. The molecule has 0 atom stereocenters. The average Bonchev–Trinajstić information content (AvgIpc) is 2.34. The SMILES string of the molecule is CCCCN(CCO)c1cc(C)nc(COC)n1. The molecule has 0 bridgehead atoms. The molecule has 5 nitrogen and oxygen atoms in total. The van der Waals surface area contributed by atoms with Crippen LogP contribution >= 0.6 is 0 Å². The lowest BCUT2D eigenvalue weighted by Gasteiger charge is -2.23. The topological polar surface area (TPSA) is 58.5 Å². The highest BCUT2D eigenvalue weighted by atomic mass is 16.5. The molecule has 0 unspecified atom stereocenters. The second-order valence-electron chi connectivity index (χ2n) is 4.28. The van der Waals surface area contributed by atoms with Gasteiger partial charge < -0.3 is 14.7 Å². The fourth-order valence-electron chi connectivity index (χ4n) is 1.78. The number of hydrogen-bond donors (Lipinski definition) is 1. The van der Waals surface area contributed by atoms with Crippen LogP contribution in [0.4, 0.5) is 5.82 Å². The summed E-state index contributed by atoms with van der Waals surface area (Å²) in [7, 11) is 1.63. The number of methoxy groups -OCH3 is 1. The highest BCUT2D eigenvalue weighted by Gasteiger charge is 2.09. The van der Waals surface area contributed by atoms with Crippen molar-refractivity contribution in [3.8, 4) is 0 Å². The van der Waals surface area contributed by atoms with Crippen molar-refractivity contribution < 1.29 is 9.84 Å². The number of aliphatic hydroxyl groups is 1. The summed E-state index contributed by atoms with van der Waals surface area (Å²) in [6.07, 6.45) is 2.21. The summed E-state index contributed by atoms with van der Waals surface area (Å²) in [4.78, 5) is 10.9. The summed E-state index contributed by atoms with van der Waals surface area (Å²) in [6.45, 7) is 6.14. The minimum Gasteiger partial charge on any atom is -0.395 e. The van der Waals surface area contributed by atoms with Gasteiger partial charge in [0.25, 0.3) is 0 Å². The first kappa shape index (κ1) is 14.9. The molecule has 0 saturated carbocycles. The van der Waals surface area contributed by atoms with E-state index in [-0.39, 0.29) is 6.61 Å². The summed E-state index contributed by atoms with van der Waals surface area (Å²) in [6, 6.07) is 1.95. The second-order valence-corrected chi connectivity index (χ2v) is 4.28. The molecule has 0 spiro atoms. The van der Waals surface area contributed by atoms with E-state index in [9.17, 15) is 0 Å². The van der Waals surface area contributed by atoms with Gasteiger partial charge in [-0.25, -0.2) is 9.97 Å². The summed E-state index contributed by atoms with van der Waals surface area (Å²) in [5.41, 5.74) is 0.923. The van der Waals surface area contributed by atoms with Crippen molar-refractivity contribution in [2.75, 3.05) is 31.7 Å². The van der Waals surface area contributed by atoms with Crippen molar-refractivity contribution in [3.63, 3.8) is 0 Å². The zero-order valence-corrected chi connectivity index (χ0v) is 11.5. The van der Waals surface area contributed by atoms with Gasteiger partial charge in [0.2, 0.25) is 0 Å². The quantitative estimate of drug-likeness (QED) is 0.761. The van der Waals surface area contributed by atoms with E-state index >= 15 is 0 Å². The Morgan fingerprint density at radius 1 is 1.33 bits per heavy atom. The number of aryl methyl sites for hydroxylation is 1. The number of aromatic nitrogens is 2. The van der Waals surface area contributed by atoms with Gasteiger partial charge in [0, 0.05) is 32.0 Å². The minimum absolute atomic E-state index is 0.131. The molecule has 0 saturated heterocycles. The second kappa shape index (κ2) is 8.00. The number of nitrogens with zero attached hydrogens (tertiary/aromatic N) is 3. The van der Waals surface area contributed by atoms with Crippen molar-refractivity contribution in [2.45, 2.75) is 33.3 Å². The Labute approximate surface area is 109 Å². The Bertz CT molecular complexity index is 358. The van der Waals surface area contributed by atoms with Crippen LogP contribution < -0.4 is 4.90 Å². The van der Waals surface area contributed by atoms with E-state index in [0.29, 0.717) is 19.0 Å². The molecule has 0 aliphatic rings. The zero-order valence-electron chi connectivity index (χ0n) is 11.5. The number of aliphatic hydroxyl groups excluding tert-OH is 1.